The second-order valence-electron chi connectivity index (χ2n) is 5.43. The molecule has 23 heavy (non-hydrogen) atoms. The van der Waals surface area contributed by atoms with E-state index in [0.717, 1.165) is 32.8 Å². The molecule has 0 saturated carbocycles. The fourth-order valence-corrected chi connectivity index (χ4v) is 2.04. The zero-order chi connectivity index (χ0) is 16.7. The Morgan fingerprint density at radius 2 is 2.09 bits per heavy atom. The number of hydrogen-bond acceptors (Lipinski definition) is 6. The molecule has 2 N–H and O–H groups in total. The van der Waals surface area contributed by atoms with Crippen molar-refractivity contribution >= 4 is 17.8 Å². The van der Waals surface area contributed by atoms with Gasteiger partial charge in [-0.3, -0.25) is 15.0 Å². The third kappa shape index (κ3) is 5.83. The van der Waals surface area contributed by atoms with Gasteiger partial charge in [0, 0.05) is 40.3 Å². The summed E-state index contributed by atoms with van der Waals surface area (Å²) in [4.78, 5) is 27.0. The van der Waals surface area contributed by atoms with Crippen LogP contribution >= 0.6 is 0 Å². The Bertz CT molecular complexity index is 525. The molecule has 10 nitrogen and oxygen atoms in total. The first-order valence-electron chi connectivity index (χ1n) is 7.50. The molecular formula is C13H23N7O3. The van der Waals surface area contributed by atoms with Crippen molar-refractivity contribution in [2.75, 3.05) is 58.8 Å². The maximum atomic E-state index is 11.9. The standard InChI is InChI=1S/C13H23N7O3/c1-18(2)13(22)15-11-9-20(17-16-11)10-12(21)14-3-4-19-5-7-23-8-6-19/h9H,3-8,10H2,1-2H3,(H,14,21)(H,15,22). The van der Waals surface area contributed by atoms with Gasteiger partial charge in [0.2, 0.25) is 5.91 Å². The number of carbonyl (C=O) groups excluding carboxylic acids is 2. The van der Waals surface area contributed by atoms with Gasteiger partial charge in [0.15, 0.2) is 5.82 Å². The Hall–Kier alpha value is -2.20. The van der Waals surface area contributed by atoms with E-state index in [0.29, 0.717) is 12.4 Å². The van der Waals surface area contributed by atoms with Crippen molar-refractivity contribution in [3.63, 3.8) is 0 Å². The van der Waals surface area contributed by atoms with E-state index in [1.807, 2.05) is 0 Å². The van der Waals surface area contributed by atoms with Crippen LogP contribution < -0.4 is 10.6 Å². The number of amides is 3. The fourth-order valence-electron chi connectivity index (χ4n) is 2.04. The highest BCUT2D eigenvalue weighted by Crippen LogP contribution is 2.01. The smallest absolute Gasteiger partial charge is 0.322 e. The van der Waals surface area contributed by atoms with Crippen molar-refractivity contribution in [2.45, 2.75) is 6.54 Å². The quantitative estimate of drug-likeness (QED) is 0.682. The number of hydrogen-bond donors (Lipinski definition) is 2. The number of aromatic nitrogens is 3. The number of anilines is 1. The first-order chi connectivity index (χ1) is 11.0. The maximum Gasteiger partial charge on any atom is 0.322 e. The molecule has 0 aromatic carbocycles. The summed E-state index contributed by atoms with van der Waals surface area (Å²) in [6, 6.07) is -0.299. The molecule has 1 fully saturated rings. The summed E-state index contributed by atoms with van der Waals surface area (Å²) in [5.74, 6) is 0.165. The molecule has 0 bridgehead atoms. The van der Waals surface area contributed by atoms with E-state index in [9.17, 15) is 9.59 Å². The highest BCUT2D eigenvalue weighted by molar-refractivity contribution is 5.87. The van der Waals surface area contributed by atoms with Crippen molar-refractivity contribution in [3.05, 3.63) is 6.20 Å². The number of ether oxygens (including phenoxy) is 1. The van der Waals surface area contributed by atoms with E-state index in [4.69, 9.17) is 4.74 Å². The van der Waals surface area contributed by atoms with Gasteiger partial charge < -0.3 is 15.0 Å². The van der Waals surface area contributed by atoms with Crippen LogP contribution in [0.5, 0.6) is 0 Å². The van der Waals surface area contributed by atoms with E-state index in [2.05, 4.69) is 25.8 Å². The van der Waals surface area contributed by atoms with Gasteiger partial charge in [0.05, 0.1) is 19.4 Å². The van der Waals surface area contributed by atoms with Crippen LogP contribution in [0.2, 0.25) is 0 Å². The molecule has 0 aliphatic carbocycles. The highest BCUT2D eigenvalue weighted by atomic mass is 16.5. The number of rotatable bonds is 6. The van der Waals surface area contributed by atoms with Crippen molar-refractivity contribution in [1.29, 1.82) is 0 Å². The number of carbonyl (C=O) groups is 2. The van der Waals surface area contributed by atoms with Crippen LogP contribution in [0.1, 0.15) is 0 Å². The van der Waals surface area contributed by atoms with Crippen LogP contribution in [0.4, 0.5) is 10.6 Å². The van der Waals surface area contributed by atoms with E-state index in [-0.39, 0.29) is 18.5 Å². The van der Waals surface area contributed by atoms with Gasteiger partial charge in [0.25, 0.3) is 0 Å². The Kier molecular flexibility index (Phi) is 6.29. The van der Waals surface area contributed by atoms with Crippen molar-refractivity contribution in [3.8, 4) is 0 Å². The molecule has 1 aromatic heterocycles. The Morgan fingerprint density at radius 1 is 1.35 bits per heavy atom. The number of nitrogens with zero attached hydrogens (tertiary/aromatic N) is 5. The van der Waals surface area contributed by atoms with Crippen LogP contribution in [0.15, 0.2) is 6.20 Å². The third-order valence-corrected chi connectivity index (χ3v) is 3.34. The zero-order valence-electron chi connectivity index (χ0n) is 13.5. The summed E-state index contributed by atoms with van der Waals surface area (Å²) in [7, 11) is 3.25. The average Bonchev–Trinajstić information content (AvgIpc) is 2.95. The van der Waals surface area contributed by atoms with Crippen LogP contribution in [0, 0.1) is 0 Å². The van der Waals surface area contributed by atoms with Crippen LogP contribution in [-0.4, -0.2) is 90.2 Å². The monoisotopic (exact) mass is 325 g/mol. The minimum absolute atomic E-state index is 0.0634. The molecule has 1 aliphatic rings. The molecule has 0 unspecified atom stereocenters. The maximum absolute atomic E-state index is 11.9. The molecule has 1 aromatic rings. The summed E-state index contributed by atoms with van der Waals surface area (Å²) in [6.45, 7) is 4.73. The first-order valence-corrected chi connectivity index (χ1v) is 7.50. The second-order valence-corrected chi connectivity index (χ2v) is 5.43. The van der Waals surface area contributed by atoms with Gasteiger partial charge in [-0.2, -0.15) is 0 Å². The van der Waals surface area contributed by atoms with E-state index in [1.54, 1.807) is 14.1 Å². The van der Waals surface area contributed by atoms with Gasteiger partial charge in [-0.05, 0) is 0 Å². The lowest BCUT2D eigenvalue weighted by Crippen LogP contribution is -2.41. The lowest BCUT2D eigenvalue weighted by Gasteiger charge is -2.26. The summed E-state index contributed by atoms with van der Waals surface area (Å²) in [5.41, 5.74) is 0. The molecule has 3 amide bonds. The molecule has 10 heteroatoms. The fraction of sp³-hybridized carbons (Fsp3) is 0.692. The van der Waals surface area contributed by atoms with E-state index in [1.165, 1.54) is 15.8 Å². The highest BCUT2D eigenvalue weighted by Gasteiger charge is 2.11. The molecule has 1 aliphatic heterocycles. The molecule has 1 saturated heterocycles. The Morgan fingerprint density at radius 3 is 2.78 bits per heavy atom. The minimum Gasteiger partial charge on any atom is -0.379 e. The summed E-state index contributed by atoms with van der Waals surface area (Å²) < 4.78 is 6.65. The predicted molar refractivity (Wildman–Crippen MR) is 83.0 cm³/mol. The molecule has 0 atom stereocenters. The minimum atomic E-state index is -0.299. The molecule has 128 valence electrons. The molecule has 0 spiro atoms. The number of morpholine rings is 1. The van der Waals surface area contributed by atoms with Crippen molar-refractivity contribution in [2.24, 2.45) is 0 Å². The average molecular weight is 325 g/mol. The summed E-state index contributed by atoms with van der Waals surface area (Å²) in [6.07, 6.45) is 1.52. The van der Waals surface area contributed by atoms with Crippen molar-refractivity contribution < 1.29 is 14.3 Å². The molecule has 2 heterocycles. The zero-order valence-corrected chi connectivity index (χ0v) is 13.5. The van der Waals surface area contributed by atoms with E-state index >= 15 is 0 Å². The van der Waals surface area contributed by atoms with E-state index < -0.39 is 0 Å². The Labute approximate surface area is 134 Å². The summed E-state index contributed by atoms with van der Waals surface area (Å²) in [5, 5.41) is 13.0. The topological polar surface area (TPSA) is 105 Å². The lowest BCUT2D eigenvalue weighted by molar-refractivity contribution is -0.121. The number of urea groups is 1. The van der Waals surface area contributed by atoms with Gasteiger partial charge >= 0.3 is 6.03 Å². The largest absolute Gasteiger partial charge is 0.379 e. The lowest BCUT2D eigenvalue weighted by atomic mass is 10.4. The normalized spacial score (nSPS) is 15.2. The Balaban J connectivity index is 1.68. The van der Waals surface area contributed by atoms with Crippen LogP contribution in [0.25, 0.3) is 0 Å². The van der Waals surface area contributed by atoms with Gasteiger partial charge in [0.1, 0.15) is 6.54 Å². The van der Waals surface area contributed by atoms with Gasteiger partial charge in [-0.25, -0.2) is 9.48 Å². The molecule has 2 rings (SSSR count). The SMILES string of the molecule is CN(C)C(=O)Nc1cn(CC(=O)NCCN2CCOCC2)nn1. The van der Waals surface area contributed by atoms with Crippen molar-refractivity contribution in [1.82, 2.24) is 30.1 Å². The first kappa shape index (κ1) is 17.2. The van der Waals surface area contributed by atoms with Gasteiger partial charge in [-0.1, -0.05) is 5.21 Å². The predicted octanol–water partition coefficient (Wildman–Crippen LogP) is -1.18. The second kappa shape index (κ2) is 8.44. The third-order valence-electron chi connectivity index (χ3n) is 3.34. The molecule has 0 radical (unpaired) electrons. The van der Waals surface area contributed by atoms with Crippen LogP contribution in [-0.2, 0) is 16.1 Å². The molecular weight excluding hydrogens is 302 g/mol. The number of nitrogens with one attached hydrogen (secondary N) is 2. The summed E-state index contributed by atoms with van der Waals surface area (Å²) >= 11 is 0. The van der Waals surface area contributed by atoms with Gasteiger partial charge in [-0.15, -0.1) is 5.10 Å². The van der Waals surface area contributed by atoms with Crippen LogP contribution in [0.3, 0.4) is 0 Å².